The minimum absolute atomic E-state index is 0.0736. The SMILES string of the molecule is CCOC(=O)c1oc2ccc(S(=O)(=O)N3CCCC(c4ccn(C)n4)C3)cc2c1C. The van der Waals surface area contributed by atoms with E-state index in [-0.39, 0.29) is 23.2 Å². The summed E-state index contributed by atoms with van der Waals surface area (Å²) in [6.07, 6.45) is 3.56. The highest BCUT2D eigenvalue weighted by Gasteiger charge is 2.32. The van der Waals surface area contributed by atoms with Gasteiger partial charge in [0, 0.05) is 43.2 Å². The number of ether oxygens (including phenoxy) is 1. The van der Waals surface area contributed by atoms with Gasteiger partial charge in [0.25, 0.3) is 0 Å². The van der Waals surface area contributed by atoms with Crippen LogP contribution in [0.4, 0.5) is 0 Å². The van der Waals surface area contributed by atoms with Crippen molar-refractivity contribution in [2.45, 2.75) is 37.5 Å². The molecule has 0 radical (unpaired) electrons. The number of benzene rings is 1. The minimum Gasteiger partial charge on any atom is -0.460 e. The molecule has 1 atom stereocenters. The van der Waals surface area contributed by atoms with Gasteiger partial charge in [-0.05, 0) is 51.0 Å². The van der Waals surface area contributed by atoms with Crippen molar-refractivity contribution in [2.75, 3.05) is 19.7 Å². The second-order valence-corrected chi connectivity index (χ2v) is 9.49. The molecule has 1 saturated heterocycles. The lowest BCUT2D eigenvalue weighted by Crippen LogP contribution is -2.39. The van der Waals surface area contributed by atoms with Gasteiger partial charge in [0.05, 0.1) is 17.2 Å². The zero-order valence-corrected chi connectivity index (χ0v) is 18.1. The highest BCUT2D eigenvalue weighted by Crippen LogP contribution is 2.32. The molecule has 3 heterocycles. The van der Waals surface area contributed by atoms with Crippen molar-refractivity contribution < 1.29 is 22.4 Å². The molecule has 0 spiro atoms. The van der Waals surface area contributed by atoms with Gasteiger partial charge in [0.2, 0.25) is 15.8 Å². The Hall–Kier alpha value is -2.65. The number of aryl methyl sites for hydroxylation is 2. The third-order valence-electron chi connectivity index (χ3n) is 5.54. The zero-order valence-electron chi connectivity index (χ0n) is 17.3. The number of sulfonamides is 1. The molecule has 0 saturated carbocycles. The summed E-state index contributed by atoms with van der Waals surface area (Å²) in [4.78, 5) is 12.3. The largest absolute Gasteiger partial charge is 0.460 e. The zero-order chi connectivity index (χ0) is 21.5. The van der Waals surface area contributed by atoms with E-state index < -0.39 is 16.0 Å². The Morgan fingerprint density at radius 3 is 2.83 bits per heavy atom. The van der Waals surface area contributed by atoms with Crippen LogP contribution in [0.3, 0.4) is 0 Å². The lowest BCUT2D eigenvalue weighted by Gasteiger charge is -2.31. The Bertz CT molecular complexity index is 1190. The molecule has 1 fully saturated rings. The highest BCUT2D eigenvalue weighted by atomic mass is 32.2. The molecule has 0 aliphatic carbocycles. The van der Waals surface area contributed by atoms with E-state index in [4.69, 9.17) is 9.15 Å². The normalized spacial score (nSPS) is 18.0. The number of furan rings is 1. The smallest absolute Gasteiger partial charge is 0.374 e. The first-order chi connectivity index (χ1) is 14.3. The van der Waals surface area contributed by atoms with Crippen LogP contribution in [0.5, 0.6) is 0 Å². The molecule has 1 aliphatic heterocycles. The van der Waals surface area contributed by atoms with Crippen LogP contribution < -0.4 is 0 Å². The van der Waals surface area contributed by atoms with Crippen molar-refractivity contribution in [3.63, 3.8) is 0 Å². The Morgan fingerprint density at radius 1 is 1.33 bits per heavy atom. The van der Waals surface area contributed by atoms with Crippen molar-refractivity contribution in [3.05, 3.63) is 47.5 Å². The number of piperidine rings is 1. The van der Waals surface area contributed by atoms with Crippen molar-refractivity contribution in [3.8, 4) is 0 Å². The highest BCUT2D eigenvalue weighted by molar-refractivity contribution is 7.89. The van der Waals surface area contributed by atoms with Crippen LogP contribution in [0.1, 0.15) is 47.5 Å². The molecule has 160 valence electrons. The molecule has 2 aromatic heterocycles. The van der Waals surface area contributed by atoms with E-state index in [1.165, 1.54) is 10.4 Å². The van der Waals surface area contributed by atoms with E-state index in [1.54, 1.807) is 30.7 Å². The minimum atomic E-state index is -3.68. The molecule has 1 unspecified atom stereocenters. The number of aromatic nitrogens is 2. The summed E-state index contributed by atoms with van der Waals surface area (Å²) in [6.45, 7) is 4.56. The van der Waals surface area contributed by atoms with E-state index in [9.17, 15) is 13.2 Å². The lowest BCUT2D eigenvalue weighted by molar-refractivity contribution is 0.0491. The topological polar surface area (TPSA) is 94.6 Å². The quantitative estimate of drug-likeness (QED) is 0.576. The van der Waals surface area contributed by atoms with Crippen LogP contribution in [0.2, 0.25) is 0 Å². The van der Waals surface area contributed by atoms with Gasteiger partial charge in [-0.25, -0.2) is 13.2 Å². The van der Waals surface area contributed by atoms with Gasteiger partial charge >= 0.3 is 5.97 Å². The van der Waals surface area contributed by atoms with Crippen LogP contribution in [-0.2, 0) is 21.8 Å². The Morgan fingerprint density at radius 2 is 2.13 bits per heavy atom. The molecular formula is C21H25N3O5S. The average Bonchev–Trinajstić information content (AvgIpc) is 3.31. The maximum absolute atomic E-state index is 13.3. The molecule has 0 bridgehead atoms. The first kappa shape index (κ1) is 20.6. The number of esters is 1. The maximum Gasteiger partial charge on any atom is 0.374 e. The summed E-state index contributed by atoms with van der Waals surface area (Å²) in [5.74, 6) is -0.371. The van der Waals surface area contributed by atoms with Gasteiger partial charge in [-0.15, -0.1) is 0 Å². The predicted molar refractivity (Wildman–Crippen MR) is 111 cm³/mol. The lowest BCUT2D eigenvalue weighted by atomic mass is 9.96. The number of hydrogen-bond acceptors (Lipinski definition) is 6. The fourth-order valence-electron chi connectivity index (χ4n) is 3.95. The monoisotopic (exact) mass is 431 g/mol. The molecule has 1 aliphatic rings. The molecule has 1 aromatic carbocycles. The van der Waals surface area contributed by atoms with Crippen LogP contribution in [-0.4, -0.2) is 48.2 Å². The second kappa shape index (κ2) is 7.88. The first-order valence-electron chi connectivity index (χ1n) is 10.0. The summed E-state index contributed by atoms with van der Waals surface area (Å²) >= 11 is 0. The summed E-state index contributed by atoms with van der Waals surface area (Å²) < 4.78 is 40.6. The molecule has 3 aromatic rings. The first-order valence-corrected chi connectivity index (χ1v) is 11.4. The third kappa shape index (κ3) is 3.63. The number of fused-ring (bicyclic) bond motifs is 1. The molecule has 9 heteroatoms. The number of carbonyl (C=O) groups is 1. The van der Waals surface area contributed by atoms with Gasteiger partial charge in [0.1, 0.15) is 5.58 Å². The van der Waals surface area contributed by atoms with E-state index in [1.807, 2.05) is 19.3 Å². The number of hydrogen-bond donors (Lipinski definition) is 0. The van der Waals surface area contributed by atoms with Crippen LogP contribution in [0.25, 0.3) is 11.0 Å². The predicted octanol–water partition coefficient (Wildman–Crippen LogP) is 3.22. The average molecular weight is 432 g/mol. The molecule has 8 nitrogen and oxygen atoms in total. The van der Waals surface area contributed by atoms with Gasteiger partial charge < -0.3 is 9.15 Å². The number of carbonyl (C=O) groups excluding carboxylic acids is 1. The fraction of sp³-hybridized carbons (Fsp3) is 0.429. The third-order valence-corrected chi connectivity index (χ3v) is 7.40. The molecule has 0 N–H and O–H groups in total. The van der Waals surface area contributed by atoms with E-state index in [0.717, 1.165) is 18.5 Å². The second-order valence-electron chi connectivity index (χ2n) is 7.55. The number of rotatable bonds is 5. The van der Waals surface area contributed by atoms with Crippen LogP contribution in [0.15, 0.2) is 39.8 Å². The van der Waals surface area contributed by atoms with Gasteiger partial charge in [0.15, 0.2) is 0 Å². The van der Waals surface area contributed by atoms with E-state index in [0.29, 0.717) is 29.6 Å². The molecular weight excluding hydrogens is 406 g/mol. The molecule has 0 amide bonds. The van der Waals surface area contributed by atoms with Crippen LogP contribution >= 0.6 is 0 Å². The van der Waals surface area contributed by atoms with Crippen molar-refractivity contribution in [2.24, 2.45) is 7.05 Å². The fourth-order valence-corrected chi connectivity index (χ4v) is 5.50. The summed E-state index contributed by atoms with van der Waals surface area (Å²) in [7, 11) is -1.83. The van der Waals surface area contributed by atoms with Gasteiger partial charge in [-0.1, -0.05) is 0 Å². The molecule has 4 rings (SSSR count). The summed E-state index contributed by atoms with van der Waals surface area (Å²) in [5.41, 5.74) is 1.95. The van der Waals surface area contributed by atoms with Gasteiger partial charge in [-0.3, -0.25) is 4.68 Å². The molecule has 30 heavy (non-hydrogen) atoms. The van der Waals surface area contributed by atoms with Gasteiger partial charge in [-0.2, -0.15) is 9.40 Å². The standard InChI is InChI=1S/C21H25N3O5S/c1-4-28-21(25)20-14(2)17-12-16(7-8-19(17)29-20)30(26,27)24-10-5-6-15(13-24)18-9-11-23(3)22-18/h7-9,11-12,15H,4-6,10,13H2,1-3H3. The van der Waals surface area contributed by atoms with E-state index >= 15 is 0 Å². The Kier molecular flexibility index (Phi) is 5.42. The number of nitrogens with zero attached hydrogens (tertiary/aromatic N) is 3. The van der Waals surface area contributed by atoms with Crippen LogP contribution in [0, 0.1) is 6.92 Å². The maximum atomic E-state index is 13.3. The van der Waals surface area contributed by atoms with E-state index in [2.05, 4.69) is 5.10 Å². The summed E-state index contributed by atoms with van der Waals surface area (Å²) in [6, 6.07) is 6.65. The van der Waals surface area contributed by atoms with Crippen molar-refractivity contribution >= 4 is 27.0 Å². The Balaban J connectivity index is 1.65. The van der Waals surface area contributed by atoms with Crippen molar-refractivity contribution in [1.29, 1.82) is 0 Å². The Labute approximate surface area is 175 Å². The van der Waals surface area contributed by atoms with Crippen molar-refractivity contribution in [1.82, 2.24) is 14.1 Å². The summed E-state index contributed by atoms with van der Waals surface area (Å²) in [5, 5.41) is 5.04.